The molecule has 0 bridgehead atoms. The van der Waals surface area contributed by atoms with Gasteiger partial charge in [0.15, 0.2) is 0 Å². The molecule has 1 aromatic heterocycles. The summed E-state index contributed by atoms with van der Waals surface area (Å²) in [7, 11) is 3.71. The molecule has 2 aromatic rings. The Balaban J connectivity index is 2.04. The van der Waals surface area contributed by atoms with Gasteiger partial charge >= 0.3 is 0 Å². The van der Waals surface area contributed by atoms with Gasteiger partial charge in [0, 0.05) is 31.4 Å². The van der Waals surface area contributed by atoms with Crippen LogP contribution in [0.2, 0.25) is 5.02 Å². The first-order valence-electron chi connectivity index (χ1n) is 7.54. The van der Waals surface area contributed by atoms with Crippen molar-refractivity contribution in [3.05, 3.63) is 28.9 Å². The first-order chi connectivity index (χ1) is 11.1. The van der Waals surface area contributed by atoms with Crippen LogP contribution in [-0.4, -0.2) is 43.2 Å². The maximum atomic E-state index is 9.17. The molecule has 1 aromatic carbocycles. The Labute approximate surface area is 140 Å². The highest BCUT2D eigenvalue weighted by atomic mass is 35.5. The molecule has 0 radical (unpaired) electrons. The average molecular weight is 332 g/mol. The molecule has 1 fully saturated rings. The highest BCUT2D eigenvalue weighted by molar-refractivity contribution is 6.37. The van der Waals surface area contributed by atoms with Gasteiger partial charge in [-0.2, -0.15) is 5.26 Å². The molecular formula is C17H18ClN3O2. The quantitative estimate of drug-likeness (QED) is 0.864. The van der Waals surface area contributed by atoms with Crippen molar-refractivity contribution in [3.63, 3.8) is 0 Å². The normalized spacial score (nSPS) is 16.3. The largest absolute Gasteiger partial charge is 0.497 e. The van der Waals surface area contributed by atoms with Crippen LogP contribution in [0.4, 0.5) is 0 Å². The van der Waals surface area contributed by atoms with Crippen molar-refractivity contribution in [3.8, 4) is 17.6 Å². The number of hydrogen-bond acceptors (Lipinski definition) is 5. The standard InChI is InChI=1S/C17H18ClN3O2/c1-21-5-3-12(4-6-21)23-15-8-13(22-2)7-14-16(15)17(18)11(9-19)10-20-14/h7-8,10,12H,3-6H2,1-2H3. The van der Waals surface area contributed by atoms with Gasteiger partial charge in [0.05, 0.1) is 28.6 Å². The van der Waals surface area contributed by atoms with Crippen molar-refractivity contribution in [2.45, 2.75) is 18.9 Å². The predicted octanol–water partition coefficient (Wildman–Crippen LogP) is 3.24. The van der Waals surface area contributed by atoms with Crippen molar-refractivity contribution < 1.29 is 9.47 Å². The number of fused-ring (bicyclic) bond motifs is 1. The summed E-state index contributed by atoms with van der Waals surface area (Å²) < 4.78 is 11.5. The third kappa shape index (κ3) is 3.19. The Hall–Kier alpha value is -2.03. The maximum Gasteiger partial charge on any atom is 0.134 e. The summed E-state index contributed by atoms with van der Waals surface area (Å²) in [6.45, 7) is 2.00. The van der Waals surface area contributed by atoms with E-state index in [9.17, 15) is 5.26 Å². The van der Waals surface area contributed by atoms with Crippen molar-refractivity contribution in [2.75, 3.05) is 27.2 Å². The Morgan fingerprint density at radius 3 is 2.74 bits per heavy atom. The van der Waals surface area contributed by atoms with Crippen molar-refractivity contribution >= 4 is 22.5 Å². The fraction of sp³-hybridized carbons (Fsp3) is 0.412. The SMILES string of the molecule is COc1cc(OC2CCN(C)CC2)c2c(Cl)c(C#N)cnc2c1. The van der Waals surface area contributed by atoms with Crippen LogP contribution >= 0.6 is 11.6 Å². The van der Waals surface area contributed by atoms with Crippen LogP contribution in [0.1, 0.15) is 18.4 Å². The molecule has 0 N–H and O–H groups in total. The van der Waals surface area contributed by atoms with Crippen LogP contribution in [0.15, 0.2) is 18.3 Å². The minimum absolute atomic E-state index is 0.128. The summed E-state index contributed by atoms with van der Waals surface area (Å²) in [5, 5.41) is 10.2. The van der Waals surface area contributed by atoms with E-state index in [2.05, 4.69) is 23.0 Å². The van der Waals surface area contributed by atoms with Crippen molar-refractivity contribution in [1.82, 2.24) is 9.88 Å². The zero-order valence-electron chi connectivity index (χ0n) is 13.2. The first kappa shape index (κ1) is 15.9. The fourth-order valence-corrected chi connectivity index (χ4v) is 3.08. The summed E-state index contributed by atoms with van der Waals surface area (Å²) in [6.07, 6.45) is 3.52. The van der Waals surface area contributed by atoms with E-state index in [1.807, 2.05) is 6.07 Å². The van der Waals surface area contributed by atoms with Gasteiger partial charge in [0.2, 0.25) is 0 Å². The maximum absolute atomic E-state index is 9.17. The predicted molar refractivity (Wildman–Crippen MR) is 89.2 cm³/mol. The smallest absolute Gasteiger partial charge is 0.134 e. The van der Waals surface area contributed by atoms with Gasteiger partial charge in [0.25, 0.3) is 0 Å². The van der Waals surface area contributed by atoms with Crippen LogP contribution in [0.3, 0.4) is 0 Å². The lowest BCUT2D eigenvalue weighted by Crippen LogP contribution is -2.35. The highest BCUT2D eigenvalue weighted by Crippen LogP contribution is 2.37. The van der Waals surface area contributed by atoms with Crippen LogP contribution in [0.5, 0.6) is 11.5 Å². The van der Waals surface area contributed by atoms with E-state index in [-0.39, 0.29) is 6.10 Å². The van der Waals surface area contributed by atoms with Gasteiger partial charge in [0.1, 0.15) is 23.7 Å². The molecule has 0 saturated carbocycles. The summed E-state index contributed by atoms with van der Waals surface area (Å²) >= 11 is 6.39. The topological polar surface area (TPSA) is 58.4 Å². The second-order valence-corrected chi connectivity index (χ2v) is 6.12. The van der Waals surface area contributed by atoms with E-state index in [0.29, 0.717) is 33.0 Å². The number of hydrogen-bond donors (Lipinski definition) is 0. The molecule has 5 nitrogen and oxygen atoms in total. The number of pyridine rings is 1. The molecule has 6 heteroatoms. The Morgan fingerprint density at radius 2 is 2.09 bits per heavy atom. The Morgan fingerprint density at radius 1 is 1.35 bits per heavy atom. The van der Waals surface area contributed by atoms with E-state index in [4.69, 9.17) is 21.1 Å². The average Bonchev–Trinajstić information content (AvgIpc) is 2.57. The highest BCUT2D eigenvalue weighted by Gasteiger charge is 2.21. The summed E-state index contributed by atoms with van der Waals surface area (Å²) in [4.78, 5) is 6.60. The summed E-state index contributed by atoms with van der Waals surface area (Å²) in [6, 6.07) is 5.68. The van der Waals surface area contributed by atoms with Crippen molar-refractivity contribution in [2.24, 2.45) is 0 Å². The van der Waals surface area contributed by atoms with E-state index in [0.717, 1.165) is 25.9 Å². The lowest BCUT2D eigenvalue weighted by atomic mass is 10.1. The molecular weight excluding hydrogens is 314 g/mol. The number of nitriles is 1. The number of nitrogens with zero attached hydrogens (tertiary/aromatic N) is 3. The Bertz CT molecular complexity index is 765. The number of piperidine rings is 1. The molecule has 1 aliphatic rings. The fourth-order valence-electron chi connectivity index (χ4n) is 2.80. The van der Waals surface area contributed by atoms with Crippen molar-refractivity contribution in [1.29, 1.82) is 5.26 Å². The van der Waals surface area contributed by atoms with Gasteiger partial charge in [-0.1, -0.05) is 11.6 Å². The summed E-state index contributed by atoms with van der Waals surface area (Å²) in [5.74, 6) is 1.29. The lowest BCUT2D eigenvalue weighted by molar-refractivity contribution is 0.115. The Kier molecular flexibility index (Phi) is 4.56. The molecule has 0 aliphatic carbocycles. The molecule has 0 unspecified atom stereocenters. The van der Waals surface area contributed by atoms with Crippen LogP contribution in [-0.2, 0) is 0 Å². The molecule has 1 aliphatic heterocycles. The number of likely N-dealkylation sites (tertiary alicyclic amines) is 1. The molecule has 3 rings (SSSR count). The monoisotopic (exact) mass is 331 g/mol. The van der Waals surface area contributed by atoms with Crippen LogP contribution < -0.4 is 9.47 Å². The van der Waals surface area contributed by atoms with Gasteiger partial charge in [-0.25, -0.2) is 0 Å². The van der Waals surface area contributed by atoms with E-state index < -0.39 is 0 Å². The lowest BCUT2D eigenvalue weighted by Gasteiger charge is -2.29. The minimum Gasteiger partial charge on any atom is -0.497 e. The zero-order valence-corrected chi connectivity index (χ0v) is 13.9. The summed E-state index contributed by atoms with van der Waals surface area (Å²) in [5.41, 5.74) is 1.01. The first-order valence-corrected chi connectivity index (χ1v) is 7.91. The molecule has 2 heterocycles. The number of ether oxygens (including phenoxy) is 2. The molecule has 120 valence electrons. The number of aromatic nitrogens is 1. The van der Waals surface area contributed by atoms with E-state index in [1.54, 1.807) is 13.2 Å². The number of halogens is 1. The van der Waals surface area contributed by atoms with E-state index in [1.165, 1.54) is 6.20 Å². The zero-order chi connectivity index (χ0) is 16.4. The second kappa shape index (κ2) is 6.61. The number of benzene rings is 1. The van der Waals surface area contributed by atoms with Gasteiger partial charge in [-0.05, 0) is 19.9 Å². The molecule has 0 spiro atoms. The van der Waals surface area contributed by atoms with E-state index >= 15 is 0 Å². The minimum atomic E-state index is 0.128. The van der Waals surface area contributed by atoms with Crippen LogP contribution in [0.25, 0.3) is 10.9 Å². The van der Waals surface area contributed by atoms with Gasteiger partial charge in [-0.3, -0.25) is 4.98 Å². The number of methoxy groups -OCH3 is 1. The molecule has 1 saturated heterocycles. The third-order valence-corrected chi connectivity index (χ3v) is 4.55. The van der Waals surface area contributed by atoms with Gasteiger partial charge < -0.3 is 14.4 Å². The molecule has 0 amide bonds. The third-order valence-electron chi connectivity index (χ3n) is 4.16. The molecule has 23 heavy (non-hydrogen) atoms. The molecule has 0 atom stereocenters. The number of rotatable bonds is 3. The van der Waals surface area contributed by atoms with Crippen LogP contribution in [0, 0.1) is 11.3 Å². The second-order valence-electron chi connectivity index (χ2n) is 5.74. The van der Waals surface area contributed by atoms with Gasteiger partial charge in [-0.15, -0.1) is 0 Å².